The first kappa shape index (κ1) is 18.8. The van der Waals surface area contributed by atoms with Crippen LogP contribution in [-0.4, -0.2) is 26.6 Å². The van der Waals surface area contributed by atoms with Crippen molar-refractivity contribution >= 4 is 27.8 Å². The van der Waals surface area contributed by atoms with E-state index in [-0.39, 0.29) is 0 Å². The quantitative estimate of drug-likeness (QED) is 0.409. The van der Waals surface area contributed by atoms with E-state index in [0.29, 0.717) is 35.6 Å². The van der Waals surface area contributed by atoms with Gasteiger partial charge < -0.3 is 14.9 Å². The van der Waals surface area contributed by atoms with Gasteiger partial charge in [0.15, 0.2) is 5.75 Å². The molecule has 2 heterocycles. The molecule has 0 radical (unpaired) electrons. The molecular weight excluding hydrogens is 392 g/mol. The van der Waals surface area contributed by atoms with Gasteiger partial charge in [-0.25, -0.2) is 9.55 Å². The van der Waals surface area contributed by atoms with Crippen LogP contribution in [0.5, 0.6) is 11.8 Å². The Morgan fingerprint density at radius 2 is 1.71 bits per heavy atom. The number of imidazole rings is 1. The zero-order valence-corrected chi connectivity index (χ0v) is 16.8. The summed E-state index contributed by atoms with van der Waals surface area (Å²) in [6.07, 6.45) is 0. The summed E-state index contributed by atoms with van der Waals surface area (Å²) >= 11 is 0. The Morgan fingerprint density at radius 3 is 2.52 bits per heavy atom. The molecule has 0 spiro atoms. The van der Waals surface area contributed by atoms with Gasteiger partial charge in [-0.05, 0) is 29.8 Å². The monoisotopic (exact) mass is 412 g/mol. The van der Waals surface area contributed by atoms with Gasteiger partial charge in [0.1, 0.15) is 11.3 Å². The second kappa shape index (κ2) is 7.92. The van der Waals surface area contributed by atoms with E-state index in [0.717, 1.165) is 22.0 Å². The van der Waals surface area contributed by atoms with Crippen LogP contribution in [0, 0.1) is 0 Å². The summed E-state index contributed by atoms with van der Waals surface area (Å²) in [5.41, 5.74) is 3.34. The Hall–Kier alpha value is -4.17. The number of nitrogens with zero attached hydrogens (tertiary/aromatic N) is 4. The molecule has 0 aliphatic rings. The molecule has 0 bridgehead atoms. The molecule has 0 atom stereocenters. The van der Waals surface area contributed by atoms with Crippen molar-refractivity contribution in [1.29, 1.82) is 0 Å². The van der Waals surface area contributed by atoms with Crippen LogP contribution in [0.15, 0.2) is 72.8 Å². The maximum atomic E-state index is 5.52. The summed E-state index contributed by atoms with van der Waals surface area (Å²) in [7, 11) is 1.57. The van der Waals surface area contributed by atoms with Crippen LogP contribution in [0.25, 0.3) is 27.9 Å². The molecule has 0 saturated carbocycles. The van der Waals surface area contributed by atoms with Gasteiger partial charge in [-0.15, -0.1) is 0 Å². The summed E-state index contributed by atoms with van der Waals surface area (Å²) in [4.78, 5) is 19.2. The molecule has 0 fully saturated rings. The lowest BCUT2D eigenvalue weighted by atomic mass is 10.2. The Bertz CT molecular complexity index is 1370. The summed E-state index contributed by atoms with van der Waals surface area (Å²) in [5.74, 6) is 7.03. The Kier molecular flexibility index (Phi) is 4.81. The second-order valence-electron chi connectivity index (χ2n) is 6.90. The summed E-state index contributed by atoms with van der Waals surface area (Å²) in [6.45, 7) is 0.599. The van der Waals surface area contributed by atoms with Gasteiger partial charge in [-0.1, -0.05) is 48.5 Å². The van der Waals surface area contributed by atoms with Crippen LogP contribution in [-0.2, 0) is 6.54 Å². The van der Waals surface area contributed by atoms with Gasteiger partial charge in [0, 0.05) is 11.9 Å². The van der Waals surface area contributed by atoms with Crippen LogP contribution in [0.3, 0.4) is 0 Å². The van der Waals surface area contributed by atoms with Gasteiger partial charge in [0.25, 0.3) is 0 Å². The van der Waals surface area contributed by atoms with E-state index < -0.39 is 0 Å². The van der Waals surface area contributed by atoms with Crippen molar-refractivity contribution in [1.82, 2.24) is 19.5 Å². The average molecular weight is 412 g/mol. The number of fused-ring (bicyclic) bond motifs is 2. The highest BCUT2D eigenvalue weighted by atomic mass is 16.6. The molecule has 5 aromatic rings. The zero-order chi connectivity index (χ0) is 21.2. The van der Waals surface area contributed by atoms with Crippen molar-refractivity contribution in [2.45, 2.75) is 6.54 Å². The van der Waals surface area contributed by atoms with Crippen molar-refractivity contribution in [2.75, 3.05) is 12.4 Å². The molecular formula is C23H20N6O2. The van der Waals surface area contributed by atoms with Crippen LogP contribution in [0.4, 0.5) is 5.82 Å². The van der Waals surface area contributed by atoms with Crippen molar-refractivity contribution in [3.05, 3.63) is 78.4 Å². The number of methoxy groups -OCH3 is 1. The van der Waals surface area contributed by atoms with Crippen LogP contribution in [0.2, 0.25) is 0 Å². The van der Waals surface area contributed by atoms with E-state index in [1.807, 2.05) is 54.6 Å². The molecule has 154 valence electrons. The molecule has 31 heavy (non-hydrogen) atoms. The number of hydrogen-bond acceptors (Lipinski definition) is 7. The number of nitrogens with two attached hydrogens (primary N) is 1. The standard InChI is InChI=1S/C23H20N6O2/c1-30-23-26-17-11-5-6-12-18(17)29(23)22-27-20-16(10-7-13-19(20)31-24)21(28-22)25-14-15-8-3-2-4-9-15/h2-13H,14,24H2,1H3,(H,25,27,28). The number of anilines is 1. The predicted octanol–water partition coefficient (Wildman–Crippen LogP) is 3.84. The minimum Gasteiger partial charge on any atom is -0.468 e. The second-order valence-corrected chi connectivity index (χ2v) is 6.90. The van der Waals surface area contributed by atoms with E-state index in [9.17, 15) is 0 Å². The average Bonchev–Trinajstić information content (AvgIpc) is 3.21. The fourth-order valence-corrected chi connectivity index (χ4v) is 3.56. The number of aromatic nitrogens is 4. The number of ether oxygens (including phenoxy) is 1. The number of hydrogen-bond donors (Lipinski definition) is 2. The molecule has 3 N–H and O–H groups in total. The normalized spacial score (nSPS) is 11.0. The first-order valence-electron chi connectivity index (χ1n) is 9.75. The number of rotatable bonds is 6. The van der Waals surface area contributed by atoms with Crippen molar-refractivity contribution in [2.24, 2.45) is 5.90 Å². The number of benzene rings is 3. The van der Waals surface area contributed by atoms with Crippen molar-refractivity contribution in [3.8, 4) is 17.7 Å². The fraction of sp³-hybridized carbons (Fsp3) is 0.0870. The first-order chi connectivity index (χ1) is 15.3. The predicted molar refractivity (Wildman–Crippen MR) is 119 cm³/mol. The summed E-state index contributed by atoms with van der Waals surface area (Å²) in [5, 5.41) is 4.22. The third-order valence-electron chi connectivity index (χ3n) is 5.02. The third kappa shape index (κ3) is 3.38. The molecule has 0 aliphatic carbocycles. The minimum atomic E-state index is 0.390. The van der Waals surface area contributed by atoms with Gasteiger partial charge >= 0.3 is 6.01 Å². The van der Waals surface area contributed by atoms with E-state index in [1.54, 1.807) is 17.7 Å². The lowest BCUT2D eigenvalue weighted by Crippen LogP contribution is -2.10. The van der Waals surface area contributed by atoms with Gasteiger partial charge in [-0.3, -0.25) is 0 Å². The number of para-hydroxylation sites is 3. The van der Waals surface area contributed by atoms with Crippen LogP contribution in [0.1, 0.15) is 5.56 Å². The minimum absolute atomic E-state index is 0.390. The molecule has 0 amide bonds. The van der Waals surface area contributed by atoms with E-state index in [2.05, 4.69) is 22.4 Å². The topological polar surface area (TPSA) is 100 Å². The number of nitrogens with one attached hydrogen (secondary N) is 1. The third-order valence-corrected chi connectivity index (χ3v) is 5.02. The van der Waals surface area contributed by atoms with Crippen molar-refractivity contribution in [3.63, 3.8) is 0 Å². The SMILES string of the molecule is COc1nc2ccccc2n1-c1nc(NCc2ccccc2)c2cccc(ON)c2n1. The van der Waals surface area contributed by atoms with E-state index in [4.69, 9.17) is 25.4 Å². The lowest BCUT2D eigenvalue weighted by Gasteiger charge is -2.14. The Morgan fingerprint density at radius 1 is 0.903 bits per heavy atom. The molecule has 0 saturated heterocycles. The first-order valence-corrected chi connectivity index (χ1v) is 9.75. The maximum absolute atomic E-state index is 5.52. The molecule has 2 aromatic heterocycles. The van der Waals surface area contributed by atoms with Gasteiger partial charge in [0.05, 0.1) is 18.1 Å². The largest absolute Gasteiger partial charge is 0.468 e. The van der Waals surface area contributed by atoms with E-state index in [1.165, 1.54) is 0 Å². The molecule has 8 nitrogen and oxygen atoms in total. The van der Waals surface area contributed by atoms with Gasteiger partial charge in [-0.2, -0.15) is 15.9 Å². The Labute approximate surface area is 178 Å². The van der Waals surface area contributed by atoms with Crippen LogP contribution >= 0.6 is 0 Å². The highest BCUT2D eigenvalue weighted by molar-refractivity contribution is 5.94. The highest BCUT2D eigenvalue weighted by Gasteiger charge is 2.19. The zero-order valence-electron chi connectivity index (χ0n) is 16.8. The van der Waals surface area contributed by atoms with Gasteiger partial charge in [0.2, 0.25) is 5.95 Å². The fourth-order valence-electron chi connectivity index (χ4n) is 3.56. The van der Waals surface area contributed by atoms with Crippen molar-refractivity contribution < 1.29 is 9.57 Å². The van der Waals surface area contributed by atoms with E-state index >= 15 is 0 Å². The molecule has 8 heteroatoms. The molecule has 0 unspecified atom stereocenters. The Balaban J connectivity index is 1.71. The van der Waals surface area contributed by atoms with Crippen LogP contribution < -0.4 is 20.8 Å². The molecule has 5 rings (SSSR count). The smallest absolute Gasteiger partial charge is 0.304 e. The highest BCUT2D eigenvalue weighted by Crippen LogP contribution is 2.31. The molecule has 3 aromatic carbocycles. The lowest BCUT2D eigenvalue weighted by molar-refractivity contribution is 0.338. The summed E-state index contributed by atoms with van der Waals surface area (Å²) in [6, 6.07) is 23.8. The summed E-state index contributed by atoms with van der Waals surface area (Å²) < 4.78 is 7.29. The molecule has 0 aliphatic heterocycles. The maximum Gasteiger partial charge on any atom is 0.304 e.